The number of nitrogens with zero attached hydrogens (tertiary/aromatic N) is 2. The van der Waals surface area contributed by atoms with E-state index in [-0.39, 0.29) is 22.7 Å². The fourth-order valence-electron chi connectivity index (χ4n) is 4.04. The molecule has 0 aliphatic carbocycles. The molecular weight excluding hydrogens is 533 g/mol. The van der Waals surface area contributed by atoms with Crippen LogP contribution in [-0.2, 0) is 26.2 Å². The van der Waals surface area contributed by atoms with Gasteiger partial charge in [0.05, 0.1) is 17.7 Å². The van der Waals surface area contributed by atoms with Crippen molar-refractivity contribution in [1.29, 1.82) is 0 Å². The summed E-state index contributed by atoms with van der Waals surface area (Å²) in [6, 6.07) is 17.6. The van der Waals surface area contributed by atoms with Crippen molar-refractivity contribution in [2.75, 3.05) is 24.5 Å². The lowest BCUT2D eigenvalue weighted by Crippen LogP contribution is -2.51. The van der Waals surface area contributed by atoms with E-state index in [2.05, 4.69) is 5.32 Å². The summed E-state index contributed by atoms with van der Waals surface area (Å²) in [5, 5.41) is 2.81. The maximum atomic E-state index is 14.6. The second-order valence-corrected chi connectivity index (χ2v) is 11.3. The minimum absolute atomic E-state index is 0.00716. The van der Waals surface area contributed by atoms with Crippen molar-refractivity contribution in [2.24, 2.45) is 0 Å². The van der Waals surface area contributed by atoms with Crippen molar-refractivity contribution in [3.63, 3.8) is 0 Å². The molecule has 1 atom stereocenters. The summed E-state index contributed by atoms with van der Waals surface area (Å²) in [5.41, 5.74) is 1.33. The first kappa shape index (κ1) is 30.6. The van der Waals surface area contributed by atoms with Gasteiger partial charge >= 0.3 is 0 Å². The highest BCUT2D eigenvalue weighted by atomic mass is 32.2. The first-order chi connectivity index (χ1) is 19.1. The van der Waals surface area contributed by atoms with Crippen LogP contribution < -0.4 is 14.4 Å². The van der Waals surface area contributed by atoms with Gasteiger partial charge in [-0.25, -0.2) is 12.8 Å². The number of hydrogen-bond acceptors (Lipinski definition) is 5. The zero-order valence-corrected chi connectivity index (χ0v) is 24.1. The highest BCUT2D eigenvalue weighted by Gasteiger charge is 2.32. The van der Waals surface area contributed by atoms with Gasteiger partial charge in [0.1, 0.15) is 24.2 Å². The number of amides is 2. The molecule has 1 N–H and O–H groups in total. The van der Waals surface area contributed by atoms with Gasteiger partial charge in [-0.2, -0.15) is 0 Å². The molecule has 0 radical (unpaired) electrons. The SMILES string of the molecule is CCCCNC(=O)C(C)N(Cc1ccccc1F)C(=O)CN(c1ccc(OC)cc1)S(=O)(=O)c1ccc(C)cc1. The molecule has 0 heterocycles. The van der Waals surface area contributed by atoms with Crippen molar-refractivity contribution in [1.82, 2.24) is 10.2 Å². The van der Waals surface area contributed by atoms with E-state index in [4.69, 9.17) is 4.74 Å². The number of carbonyl (C=O) groups excluding carboxylic acids is 2. The number of hydrogen-bond donors (Lipinski definition) is 1. The molecule has 10 heteroatoms. The molecule has 0 spiro atoms. The molecule has 3 rings (SSSR count). The van der Waals surface area contributed by atoms with Gasteiger partial charge in [0.15, 0.2) is 0 Å². The summed E-state index contributed by atoms with van der Waals surface area (Å²) in [4.78, 5) is 28.1. The van der Waals surface area contributed by atoms with Crippen LogP contribution in [0.3, 0.4) is 0 Å². The topological polar surface area (TPSA) is 96.0 Å². The number of rotatable bonds is 13. The Kier molecular flexibility index (Phi) is 10.7. The van der Waals surface area contributed by atoms with Gasteiger partial charge in [-0.05, 0) is 62.7 Å². The Morgan fingerprint density at radius 2 is 1.65 bits per heavy atom. The van der Waals surface area contributed by atoms with Gasteiger partial charge in [0, 0.05) is 18.7 Å². The third kappa shape index (κ3) is 7.59. The lowest BCUT2D eigenvalue weighted by Gasteiger charge is -2.32. The highest BCUT2D eigenvalue weighted by molar-refractivity contribution is 7.92. The number of halogens is 1. The Labute approximate surface area is 235 Å². The minimum Gasteiger partial charge on any atom is -0.497 e. The molecule has 8 nitrogen and oxygen atoms in total. The van der Waals surface area contributed by atoms with Crippen molar-refractivity contribution in [2.45, 2.75) is 51.1 Å². The Morgan fingerprint density at radius 1 is 1.00 bits per heavy atom. The first-order valence-corrected chi connectivity index (χ1v) is 14.6. The van der Waals surface area contributed by atoms with E-state index in [0.29, 0.717) is 12.3 Å². The second kappa shape index (κ2) is 13.9. The van der Waals surface area contributed by atoms with Gasteiger partial charge in [-0.15, -0.1) is 0 Å². The third-order valence-electron chi connectivity index (χ3n) is 6.54. The van der Waals surface area contributed by atoms with E-state index >= 15 is 0 Å². The van der Waals surface area contributed by atoms with E-state index in [0.717, 1.165) is 22.7 Å². The van der Waals surface area contributed by atoms with Crippen molar-refractivity contribution >= 4 is 27.5 Å². The Morgan fingerprint density at radius 3 is 2.25 bits per heavy atom. The molecule has 40 heavy (non-hydrogen) atoms. The van der Waals surface area contributed by atoms with Crippen LogP contribution in [0, 0.1) is 12.7 Å². The maximum absolute atomic E-state index is 14.6. The smallest absolute Gasteiger partial charge is 0.264 e. The number of nitrogens with one attached hydrogen (secondary N) is 1. The van der Waals surface area contributed by atoms with E-state index in [9.17, 15) is 22.4 Å². The molecule has 0 aliphatic rings. The fourth-order valence-corrected chi connectivity index (χ4v) is 5.46. The Balaban J connectivity index is 2.01. The van der Waals surface area contributed by atoms with E-state index in [1.807, 2.05) is 13.8 Å². The van der Waals surface area contributed by atoms with Crippen LogP contribution in [0.5, 0.6) is 5.75 Å². The monoisotopic (exact) mass is 569 g/mol. The van der Waals surface area contributed by atoms with Crippen LogP contribution in [0.15, 0.2) is 77.7 Å². The molecular formula is C30H36FN3O5S. The predicted molar refractivity (Wildman–Crippen MR) is 153 cm³/mol. The van der Waals surface area contributed by atoms with Crippen LogP contribution in [-0.4, -0.2) is 51.4 Å². The molecule has 0 aliphatic heterocycles. The third-order valence-corrected chi connectivity index (χ3v) is 8.33. The van der Waals surface area contributed by atoms with Crippen molar-refractivity contribution in [3.05, 3.63) is 89.7 Å². The van der Waals surface area contributed by atoms with E-state index in [1.165, 1.54) is 42.3 Å². The number of sulfonamides is 1. The number of ether oxygens (including phenoxy) is 1. The lowest BCUT2D eigenvalue weighted by atomic mass is 10.1. The summed E-state index contributed by atoms with van der Waals surface area (Å²) in [7, 11) is -2.70. The molecule has 1 unspecified atom stereocenters. The largest absolute Gasteiger partial charge is 0.497 e. The van der Waals surface area contributed by atoms with Gasteiger partial charge < -0.3 is 15.0 Å². The normalized spacial score (nSPS) is 11.9. The maximum Gasteiger partial charge on any atom is 0.264 e. The molecule has 0 saturated carbocycles. The highest BCUT2D eigenvalue weighted by Crippen LogP contribution is 2.27. The summed E-state index contributed by atoms with van der Waals surface area (Å²) in [6.45, 7) is 4.99. The number of carbonyl (C=O) groups is 2. The second-order valence-electron chi connectivity index (χ2n) is 9.46. The van der Waals surface area contributed by atoms with Gasteiger partial charge in [0.25, 0.3) is 10.0 Å². The Bertz CT molecular complexity index is 1400. The van der Waals surface area contributed by atoms with Crippen LogP contribution in [0.25, 0.3) is 0 Å². The zero-order chi connectivity index (χ0) is 29.3. The fraction of sp³-hybridized carbons (Fsp3) is 0.333. The summed E-state index contributed by atoms with van der Waals surface area (Å²) < 4.78 is 48.5. The van der Waals surface area contributed by atoms with E-state index in [1.54, 1.807) is 49.4 Å². The molecule has 0 aromatic heterocycles. The minimum atomic E-state index is -4.19. The zero-order valence-electron chi connectivity index (χ0n) is 23.3. The number of anilines is 1. The van der Waals surface area contributed by atoms with E-state index < -0.39 is 40.2 Å². The number of unbranched alkanes of at least 4 members (excludes halogenated alkanes) is 1. The summed E-state index contributed by atoms with van der Waals surface area (Å²) >= 11 is 0. The number of aryl methyl sites for hydroxylation is 1. The predicted octanol–water partition coefficient (Wildman–Crippen LogP) is 4.67. The molecule has 214 valence electrons. The molecule has 3 aromatic carbocycles. The summed E-state index contributed by atoms with van der Waals surface area (Å²) in [6.07, 6.45) is 1.64. The quantitative estimate of drug-likeness (QED) is 0.302. The Hall–Kier alpha value is -3.92. The van der Waals surface area contributed by atoms with Crippen molar-refractivity contribution < 1.29 is 27.1 Å². The average molecular weight is 570 g/mol. The lowest BCUT2D eigenvalue weighted by molar-refractivity contribution is -0.139. The van der Waals surface area contributed by atoms with Crippen LogP contribution in [0.2, 0.25) is 0 Å². The van der Waals surface area contributed by atoms with Crippen molar-refractivity contribution in [3.8, 4) is 5.75 Å². The van der Waals surface area contributed by atoms with Crippen LogP contribution in [0.4, 0.5) is 10.1 Å². The van der Waals surface area contributed by atoms with Gasteiger partial charge in [-0.1, -0.05) is 49.2 Å². The summed E-state index contributed by atoms with van der Waals surface area (Å²) in [5.74, 6) is -1.08. The van der Waals surface area contributed by atoms with Gasteiger partial charge in [0.2, 0.25) is 11.8 Å². The number of methoxy groups -OCH3 is 1. The molecule has 3 aromatic rings. The average Bonchev–Trinajstić information content (AvgIpc) is 2.95. The molecule has 0 fully saturated rings. The van der Waals surface area contributed by atoms with Crippen LogP contribution in [0.1, 0.15) is 37.8 Å². The first-order valence-electron chi connectivity index (χ1n) is 13.1. The van der Waals surface area contributed by atoms with Gasteiger partial charge in [-0.3, -0.25) is 13.9 Å². The molecule has 0 bridgehead atoms. The van der Waals surface area contributed by atoms with Crippen LogP contribution >= 0.6 is 0 Å². The molecule has 2 amide bonds. The molecule has 0 saturated heterocycles. The number of benzene rings is 3. The standard InChI is InChI=1S/C30H36FN3O5S/c1-5-6-19-32-30(36)23(3)33(20-24-9-7-8-10-28(24)31)29(35)21-34(25-13-15-26(39-4)16-14-25)40(37,38)27-17-11-22(2)12-18-27/h7-18,23H,5-6,19-21H2,1-4H3,(H,32,36).